The summed E-state index contributed by atoms with van der Waals surface area (Å²) in [5.74, 6) is 1.33. The van der Waals surface area contributed by atoms with Crippen LogP contribution in [0, 0.1) is 0 Å². The molecule has 1 fully saturated rings. The molecule has 132 valence electrons. The second kappa shape index (κ2) is 6.37. The number of hydrogen-bond acceptors (Lipinski definition) is 6. The quantitative estimate of drug-likeness (QED) is 0.826. The molecule has 3 heterocycles. The predicted octanol–water partition coefficient (Wildman–Crippen LogP) is 2.30. The molecule has 3 rings (SSSR count). The van der Waals surface area contributed by atoms with E-state index in [0.29, 0.717) is 25.6 Å². The second-order valence-corrected chi connectivity index (χ2v) is 7.22. The van der Waals surface area contributed by atoms with E-state index in [4.69, 9.17) is 14.2 Å². The lowest BCUT2D eigenvalue weighted by molar-refractivity contribution is 0.0275. The zero-order chi connectivity index (χ0) is 17.3. The third-order valence-electron chi connectivity index (χ3n) is 4.00. The number of carbonyl (C=O) groups is 1. The summed E-state index contributed by atoms with van der Waals surface area (Å²) in [6.45, 7) is 8.25. The molecule has 1 atom stereocenters. The van der Waals surface area contributed by atoms with Crippen LogP contribution in [-0.4, -0.2) is 61.0 Å². The fourth-order valence-electron chi connectivity index (χ4n) is 2.79. The molecule has 0 spiro atoms. The molecule has 2 aliphatic heterocycles. The third kappa shape index (κ3) is 3.83. The van der Waals surface area contributed by atoms with E-state index in [1.165, 1.54) is 0 Å². The summed E-state index contributed by atoms with van der Waals surface area (Å²) in [5, 5.41) is 0. The molecule has 1 saturated heterocycles. The number of pyridine rings is 1. The summed E-state index contributed by atoms with van der Waals surface area (Å²) in [4.78, 5) is 20.2. The number of likely N-dealkylation sites (tertiary alicyclic amines) is 1. The summed E-state index contributed by atoms with van der Waals surface area (Å²) in [5.41, 5.74) is 0.494. The molecule has 0 saturated carbocycles. The van der Waals surface area contributed by atoms with Crippen molar-refractivity contribution in [1.29, 1.82) is 0 Å². The van der Waals surface area contributed by atoms with E-state index in [-0.39, 0.29) is 12.2 Å². The van der Waals surface area contributed by atoms with E-state index in [0.717, 1.165) is 24.4 Å². The van der Waals surface area contributed by atoms with E-state index >= 15 is 0 Å². The van der Waals surface area contributed by atoms with Crippen LogP contribution in [0.1, 0.15) is 27.2 Å². The van der Waals surface area contributed by atoms with Crippen molar-refractivity contribution in [3.05, 3.63) is 12.3 Å². The highest BCUT2D eigenvalue weighted by molar-refractivity contribution is 5.68. The van der Waals surface area contributed by atoms with Crippen molar-refractivity contribution >= 4 is 11.8 Å². The summed E-state index contributed by atoms with van der Waals surface area (Å²) < 4.78 is 16.9. The Morgan fingerprint density at radius 3 is 2.92 bits per heavy atom. The highest BCUT2D eigenvalue weighted by Gasteiger charge is 2.31. The van der Waals surface area contributed by atoms with Crippen LogP contribution in [0.15, 0.2) is 12.3 Å². The fraction of sp³-hybridized carbons (Fsp3) is 0.647. The number of fused-ring (bicyclic) bond motifs is 1. The Hall–Kier alpha value is -2.18. The standard InChI is InChI=1S/C17H25N3O4/c1-17(2,3)24-16(21)20-6-5-12(11-20)23-15-9-13-14(10-18-15)22-8-7-19(13)4/h9-10,12H,5-8,11H2,1-4H3/t12-/m0/s1. The molecule has 1 aromatic rings. The van der Waals surface area contributed by atoms with Crippen molar-refractivity contribution in [3.8, 4) is 11.6 Å². The monoisotopic (exact) mass is 335 g/mol. The minimum absolute atomic E-state index is 0.0714. The van der Waals surface area contributed by atoms with Gasteiger partial charge in [-0.05, 0) is 20.8 Å². The second-order valence-electron chi connectivity index (χ2n) is 7.22. The number of nitrogens with zero attached hydrogens (tertiary/aromatic N) is 3. The maximum Gasteiger partial charge on any atom is 0.410 e. The summed E-state index contributed by atoms with van der Waals surface area (Å²) >= 11 is 0. The first-order chi connectivity index (χ1) is 11.3. The van der Waals surface area contributed by atoms with Crippen molar-refractivity contribution in [2.45, 2.75) is 38.9 Å². The first kappa shape index (κ1) is 16.7. The van der Waals surface area contributed by atoms with Crippen LogP contribution in [0.4, 0.5) is 10.5 Å². The average molecular weight is 335 g/mol. The first-order valence-electron chi connectivity index (χ1n) is 8.30. The molecule has 0 unspecified atom stereocenters. The molecule has 0 bridgehead atoms. The molecule has 1 amide bonds. The van der Waals surface area contributed by atoms with E-state index in [2.05, 4.69) is 9.88 Å². The van der Waals surface area contributed by atoms with Gasteiger partial charge >= 0.3 is 6.09 Å². The van der Waals surface area contributed by atoms with Gasteiger partial charge in [0.05, 0.1) is 25.0 Å². The van der Waals surface area contributed by atoms with Gasteiger partial charge < -0.3 is 24.0 Å². The lowest BCUT2D eigenvalue weighted by Crippen LogP contribution is -2.36. The number of carbonyl (C=O) groups excluding carboxylic acids is 1. The van der Waals surface area contributed by atoms with E-state index in [1.54, 1.807) is 11.1 Å². The molecular formula is C17H25N3O4. The highest BCUT2D eigenvalue weighted by atomic mass is 16.6. The number of likely N-dealkylation sites (N-methyl/N-ethyl adjacent to an activating group) is 1. The maximum absolute atomic E-state index is 12.1. The van der Waals surface area contributed by atoms with E-state index < -0.39 is 5.60 Å². The van der Waals surface area contributed by atoms with Gasteiger partial charge in [0.1, 0.15) is 18.3 Å². The van der Waals surface area contributed by atoms with Gasteiger partial charge in [-0.1, -0.05) is 0 Å². The number of anilines is 1. The van der Waals surface area contributed by atoms with Crippen molar-refractivity contribution in [2.24, 2.45) is 0 Å². The lowest BCUT2D eigenvalue weighted by atomic mass is 10.2. The molecule has 0 N–H and O–H groups in total. The minimum atomic E-state index is -0.485. The SMILES string of the molecule is CN1CCOc2cnc(O[C@H]3CCN(C(=O)OC(C)(C)C)C3)cc21. The van der Waals surface area contributed by atoms with Crippen LogP contribution in [0.3, 0.4) is 0 Å². The Labute approximate surface area is 142 Å². The van der Waals surface area contributed by atoms with Crippen LogP contribution in [0.5, 0.6) is 11.6 Å². The van der Waals surface area contributed by atoms with E-state index in [9.17, 15) is 4.79 Å². The normalized spacial score (nSPS) is 20.4. The van der Waals surface area contributed by atoms with Crippen LogP contribution in [-0.2, 0) is 4.74 Å². The fourth-order valence-corrected chi connectivity index (χ4v) is 2.79. The van der Waals surface area contributed by atoms with Crippen LogP contribution < -0.4 is 14.4 Å². The van der Waals surface area contributed by atoms with Gasteiger partial charge in [-0.3, -0.25) is 0 Å². The Balaban J connectivity index is 1.60. The van der Waals surface area contributed by atoms with Crippen molar-refractivity contribution in [3.63, 3.8) is 0 Å². The number of aromatic nitrogens is 1. The summed E-state index contributed by atoms with van der Waals surface area (Å²) in [6.07, 6.45) is 2.10. The molecule has 7 heteroatoms. The van der Waals surface area contributed by atoms with Gasteiger partial charge in [0.15, 0.2) is 5.75 Å². The van der Waals surface area contributed by atoms with Gasteiger partial charge in [0.25, 0.3) is 0 Å². The number of rotatable bonds is 2. The summed E-state index contributed by atoms with van der Waals surface area (Å²) in [7, 11) is 2.02. The van der Waals surface area contributed by atoms with Crippen LogP contribution in [0.25, 0.3) is 0 Å². The molecule has 2 aliphatic rings. The largest absolute Gasteiger partial charge is 0.488 e. The highest BCUT2D eigenvalue weighted by Crippen LogP contribution is 2.33. The molecule has 0 aromatic carbocycles. The number of ether oxygens (including phenoxy) is 3. The minimum Gasteiger partial charge on any atom is -0.488 e. The van der Waals surface area contributed by atoms with Crippen LogP contribution in [0.2, 0.25) is 0 Å². The number of hydrogen-bond donors (Lipinski definition) is 0. The number of amides is 1. The van der Waals surface area contributed by atoms with Crippen molar-refractivity contribution in [2.75, 3.05) is 38.2 Å². The Morgan fingerprint density at radius 1 is 1.38 bits per heavy atom. The summed E-state index contributed by atoms with van der Waals surface area (Å²) in [6, 6.07) is 1.89. The smallest absolute Gasteiger partial charge is 0.410 e. The van der Waals surface area contributed by atoms with Crippen LogP contribution >= 0.6 is 0 Å². The van der Waals surface area contributed by atoms with E-state index in [1.807, 2.05) is 33.9 Å². The first-order valence-corrected chi connectivity index (χ1v) is 8.30. The zero-order valence-electron chi connectivity index (χ0n) is 14.7. The molecule has 1 aromatic heterocycles. The molecule has 24 heavy (non-hydrogen) atoms. The molecule has 0 radical (unpaired) electrons. The average Bonchev–Trinajstić information content (AvgIpc) is 2.95. The van der Waals surface area contributed by atoms with Gasteiger partial charge in [-0.25, -0.2) is 9.78 Å². The van der Waals surface area contributed by atoms with Crippen molar-refractivity contribution < 1.29 is 19.0 Å². The van der Waals surface area contributed by atoms with Gasteiger partial charge in [0, 0.05) is 26.1 Å². The zero-order valence-corrected chi connectivity index (χ0v) is 14.7. The molecule has 0 aliphatic carbocycles. The Morgan fingerprint density at radius 2 is 2.17 bits per heavy atom. The Bertz CT molecular complexity index is 614. The topological polar surface area (TPSA) is 64.1 Å². The molecule has 7 nitrogen and oxygen atoms in total. The maximum atomic E-state index is 12.1. The third-order valence-corrected chi connectivity index (χ3v) is 4.00. The van der Waals surface area contributed by atoms with Crippen molar-refractivity contribution in [1.82, 2.24) is 9.88 Å². The predicted molar refractivity (Wildman–Crippen MR) is 89.8 cm³/mol. The Kier molecular flexibility index (Phi) is 4.43. The van der Waals surface area contributed by atoms with Gasteiger partial charge in [-0.15, -0.1) is 0 Å². The van der Waals surface area contributed by atoms with Gasteiger partial charge in [-0.2, -0.15) is 0 Å². The van der Waals surface area contributed by atoms with Gasteiger partial charge in [0.2, 0.25) is 5.88 Å². The molecular weight excluding hydrogens is 310 g/mol. The lowest BCUT2D eigenvalue weighted by Gasteiger charge is -2.27.